The highest BCUT2D eigenvalue weighted by atomic mass is 35.5. The lowest BCUT2D eigenvalue weighted by molar-refractivity contribution is 0.171. The molecule has 0 amide bonds. The second-order valence-electron chi connectivity index (χ2n) is 4.64. The number of ether oxygens (including phenoxy) is 2. The molecule has 3 rings (SSSR count). The standard InChI is InChI=1S/C12H13ClFNO2/c1-12(3-2-4-15-12)9-10(14)7(13)5-8-11(9)17-6-16-8/h5,15H,2-4,6H2,1H3. The summed E-state index contributed by atoms with van der Waals surface area (Å²) >= 11 is 5.90. The van der Waals surface area contributed by atoms with E-state index in [1.165, 1.54) is 6.07 Å². The number of hydrogen-bond donors (Lipinski definition) is 1. The molecule has 1 atom stereocenters. The van der Waals surface area contributed by atoms with Crippen LogP contribution in [0.5, 0.6) is 11.5 Å². The van der Waals surface area contributed by atoms with E-state index in [9.17, 15) is 4.39 Å². The van der Waals surface area contributed by atoms with E-state index in [1.54, 1.807) is 0 Å². The van der Waals surface area contributed by atoms with Gasteiger partial charge in [0.05, 0.1) is 10.6 Å². The number of hydrogen-bond acceptors (Lipinski definition) is 3. The molecule has 1 aromatic rings. The van der Waals surface area contributed by atoms with Crippen molar-refractivity contribution in [1.82, 2.24) is 5.32 Å². The van der Waals surface area contributed by atoms with Gasteiger partial charge in [-0.25, -0.2) is 4.39 Å². The summed E-state index contributed by atoms with van der Waals surface area (Å²) in [7, 11) is 0. The third kappa shape index (κ3) is 1.58. The lowest BCUT2D eigenvalue weighted by Gasteiger charge is -2.27. The topological polar surface area (TPSA) is 30.5 Å². The average molecular weight is 258 g/mol. The fourth-order valence-electron chi connectivity index (χ4n) is 2.59. The number of rotatable bonds is 1. The van der Waals surface area contributed by atoms with Gasteiger partial charge >= 0.3 is 0 Å². The van der Waals surface area contributed by atoms with Crippen molar-refractivity contribution in [3.05, 3.63) is 22.5 Å². The van der Waals surface area contributed by atoms with E-state index < -0.39 is 11.4 Å². The minimum absolute atomic E-state index is 0.0826. The maximum atomic E-state index is 14.2. The zero-order valence-electron chi connectivity index (χ0n) is 9.48. The van der Waals surface area contributed by atoms with E-state index in [0.29, 0.717) is 17.1 Å². The molecule has 1 unspecified atom stereocenters. The number of benzene rings is 1. The van der Waals surface area contributed by atoms with Crippen LogP contribution in [-0.4, -0.2) is 13.3 Å². The number of halogens is 2. The smallest absolute Gasteiger partial charge is 0.231 e. The Morgan fingerprint density at radius 3 is 3.00 bits per heavy atom. The van der Waals surface area contributed by atoms with Gasteiger partial charge in [0.25, 0.3) is 0 Å². The molecule has 2 aliphatic rings. The molecule has 3 nitrogen and oxygen atoms in total. The molecule has 1 fully saturated rings. The molecule has 5 heteroatoms. The van der Waals surface area contributed by atoms with Gasteiger partial charge in [0.1, 0.15) is 0 Å². The molecule has 1 saturated heterocycles. The minimum Gasteiger partial charge on any atom is -0.454 e. The van der Waals surface area contributed by atoms with Crippen LogP contribution in [0, 0.1) is 5.82 Å². The highest BCUT2D eigenvalue weighted by Crippen LogP contribution is 2.47. The van der Waals surface area contributed by atoms with Gasteiger partial charge in [-0.1, -0.05) is 11.6 Å². The van der Waals surface area contributed by atoms with E-state index in [0.717, 1.165) is 19.4 Å². The average Bonchev–Trinajstić information content (AvgIpc) is 2.89. The number of fused-ring (bicyclic) bond motifs is 1. The minimum atomic E-state index is -0.424. The van der Waals surface area contributed by atoms with Crippen LogP contribution < -0.4 is 14.8 Å². The highest BCUT2D eigenvalue weighted by molar-refractivity contribution is 6.31. The first kappa shape index (κ1) is 11.1. The summed E-state index contributed by atoms with van der Waals surface area (Å²) in [5, 5.41) is 3.40. The fourth-order valence-corrected chi connectivity index (χ4v) is 2.78. The molecule has 0 bridgehead atoms. The molecule has 0 spiro atoms. The third-order valence-electron chi connectivity index (χ3n) is 3.48. The zero-order valence-corrected chi connectivity index (χ0v) is 10.2. The van der Waals surface area contributed by atoms with Crippen LogP contribution in [0.2, 0.25) is 5.02 Å². The predicted octanol–water partition coefficient (Wildman–Crippen LogP) is 2.81. The molecule has 0 radical (unpaired) electrons. The Kier molecular flexibility index (Phi) is 2.45. The van der Waals surface area contributed by atoms with Crippen molar-refractivity contribution < 1.29 is 13.9 Å². The molecule has 2 aliphatic heterocycles. The van der Waals surface area contributed by atoms with Crippen molar-refractivity contribution in [2.45, 2.75) is 25.3 Å². The van der Waals surface area contributed by atoms with Gasteiger partial charge in [0.15, 0.2) is 17.3 Å². The highest BCUT2D eigenvalue weighted by Gasteiger charge is 2.39. The molecule has 0 aromatic heterocycles. The van der Waals surface area contributed by atoms with Crippen LogP contribution >= 0.6 is 11.6 Å². The first-order valence-corrected chi connectivity index (χ1v) is 6.03. The molecular formula is C12H13ClFNO2. The monoisotopic (exact) mass is 257 g/mol. The molecule has 2 heterocycles. The normalized spacial score (nSPS) is 26.5. The van der Waals surface area contributed by atoms with Gasteiger partial charge in [-0.2, -0.15) is 0 Å². The molecule has 92 valence electrons. The molecule has 17 heavy (non-hydrogen) atoms. The molecular weight excluding hydrogens is 245 g/mol. The van der Waals surface area contributed by atoms with E-state index in [1.807, 2.05) is 6.92 Å². The maximum Gasteiger partial charge on any atom is 0.231 e. The Morgan fingerprint density at radius 1 is 1.47 bits per heavy atom. The van der Waals surface area contributed by atoms with Gasteiger partial charge in [0, 0.05) is 11.6 Å². The van der Waals surface area contributed by atoms with Gasteiger partial charge in [0.2, 0.25) is 6.79 Å². The van der Waals surface area contributed by atoms with Crippen LogP contribution in [0.25, 0.3) is 0 Å². The molecule has 1 aromatic carbocycles. The summed E-state index contributed by atoms with van der Waals surface area (Å²) in [5.74, 6) is 0.609. The summed E-state index contributed by atoms with van der Waals surface area (Å²) in [6, 6.07) is 1.47. The fraction of sp³-hybridized carbons (Fsp3) is 0.500. The Hall–Kier alpha value is -1.00. The van der Waals surface area contributed by atoms with E-state index in [4.69, 9.17) is 21.1 Å². The summed E-state index contributed by atoms with van der Waals surface area (Å²) < 4.78 is 24.9. The van der Waals surface area contributed by atoms with Crippen LogP contribution in [0.3, 0.4) is 0 Å². The summed E-state index contributed by atoms with van der Waals surface area (Å²) in [5.41, 5.74) is 0.0715. The quantitative estimate of drug-likeness (QED) is 0.839. The Morgan fingerprint density at radius 2 is 2.29 bits per heavy atom. The van der Waals surface area contributed by atoms with E-state index in [2.05, 4.69) is 5.32 Å². The van der Waals surface area contributed by atoms with Crippen molar-refractivity contribution in [2.75, 3.05) is 13.3 Å². The van der Waals surface area contributed by atoms with Crippen molar-refractivity contribution in [1.29, 1.82) is 0 Å². The van der Waals surface area contributed by atoms with Crippen LogP contribution in [0.15, 0.2) is 6.07 Å². The summed E-state index contributed by atoms with van der Waals surface area (Å²) in [4.78, 5) is 0. The second-order valence-corrected chi connectivity index (χ2v) is 5.05. The van der Waals surface area contributed by atoms with Crippen LogP contribution in [0.4, 0.5) is 4.39 Å². The van der Waals surface area contributed by atoms with Gasteiger partial charge in [-0.05, 0) is 26.3 Å². The summed E-state index contributed by atoms with van der Waals surface area (Å²) in [6.07, 6.45) is 1.87. The van der Waals surface area contributed by atoms with Crippen LogP contribution in [0.1, 0.15) is 25.3 Å². The zero-order chi connectivity index (χ0) is 12.0. The van der Waals surface area contributed by atoms with E-state index >= 15 is 0 Å². The molecule has 0 aliphatic carbocycles. The third-order valence-corrected chi connectivity index (χ3v) is 3.75. The lowest BCUT2D eigenvalue weighted by atomic mass is 9.89. The SMILES string of the molecule is CC1(c2c(F)c(Cl)cc3c2OCO3)CCCN1. The molecule has 1 N–H and O–H groups in total. The predicted molar refractivity (Wildman–Crippen MR) is 62.1 cm³/mol. The van der Waals surface area contributed by atoms with Crippen molar-refractivity contribution in [3.63, 3.8) is 0 Å². The van der Waals surface area contributed by atoms with Gasteiger partial charge in [-0.3, -0.25) is 0 Å². The first-order valence-electron chi connectivity index (χ1n) is 5.65. The Balaban J connectivity index is 2.21. The largest absolute Gasteiger partial charge is 0.454 e. The maximum absolute atomic E-state index is 14.2. The van der Waals surface area contributed by atoms with Crippen molar-refractivity contribution in [3.8, 4) is 11.5 Å². The lowest BCUT2D eigenvalue weighted by Crippen LogP contribution is -2.34. The second kappa shape index (κ2) is 3.75. The van der Waals surface area contributed by atoms with Gasteiger partial charge < -0.3 is 14.8 Å². The van der Waals surface area contributed by atoms with Crippen LogP contribution in [-0.2, 0) is 5.54 Å². The first-order chi connectivity index (χ1) is 8.12. The summed E-state index contributed by atoms with van der Waals surface area (Å²) in [6.45, 7) is 2.97. The molecule has 0 saturated carbocycles. The number of nitrogens with one attached hydrogen (secondary N) is 1. The van der Waals surface area contributed by atoms with E-state index in [-0.39, 0.29) is 11.8 Å². The van der Waals surface area contributed by atoms with Crippen molar-refractivity contribution >= 4 is 11.6 Å². The Bertz CT molecular complexity index is 472. The van der Waals surface area contributed by atoms with Crippen molar-refractivity contribution in [2.24, 2.45) is 0 Å². The Labute approximate surface area is 104 Å². The van der Waals surface area contributed by atoms with Gasteiger partial charge in [-0.15, -0.1) is 0 Å².